The topological polar surface area (TPSA) is 95.0 Å². The zero-order valence-corrected chi connectivity index (χ0v) is 16.4. The van der Waals surface area contributed by atoms with Crippen molar-refractivity contribution in [3.63, 3.8) is 0 Å². The average molecular weight is 409 g/mol. The van der Waals surface area contributed by atoms with E-state index < -0.39 is 34.5 Å². The summed E-state index contributed by atoms with van der Waals surface area (Å²) in [4.78, 5) is 24.7. The van der Waals surface area contributed by atoms with Crippen molar-refractivity contribution in [3.05, 3.63) is 42.5 Å². The second kappa shape index (κ2) is 7.49. The number of rotatable bonds is 5. The summed E-state index contributed by atoms with van der Waals surface area (Å²) in [5.74, 6) is -1.70. The molecule has 1 saturated heterocycles. The van der Waals surface area contributed by atoms with Gasteiger partial charge in [0.15, 0.2) is 0 Å². The first kappa shape index (κ1) is 19.7. The summed E-state index contributed by atoms with van der Waals surface area (Å²) < 4.78 is 27.5. The third kappa shape index (κ3) is 3.95. The van der Waals surface area contributed by atoms with Gasteiger partial charge in [-0.25, -0.2) is 8.42 Å². The van der Waals surface area contributed by atoms with Gasteiger partial charge in [-0.15, -0.1) is 0 Å². The number of carboxylic acid groups (broad SMARTS) is 1. The van der Waals surface area contributed by atoms with Crippen LogP contribution in [-0.2, 0) is 19.6 Å². The molecule has 3 rings (SSSR count). The van der Waals surface area contributed by atoms with Crippen LogP contribution in [0.15, 0.2) is 47.4 Å². The minimum Gasteiger partial charge on any atom is -0.480 e. The highest BCUT2D eigenvalue weighted by Gasteiger charge is 2.44. The first-order valence-corrected chi connectivity index (χ1v) is 10.3. The molecule has 2 atom stereocenters. The Kier molecular flexibility index (Phi) is 5.45. The molecule has 2 aromatic carbocycles. The quantitative estimate of drug-likeness (QED) is 0.730. The number of thiol groups is 1. The summed E-state index contributed by atoms with van der Waals surface area (Å²) in [6.07, 6.45) is 0.235. The van der Waals surface area contributed by atoms with Crippen molar-refractivity contribution in [1.29, 1.82) is 0 Å². The third-order valence-corrected chi connectivity index (χ3v) is 6.84. The van der Waals surface area contributed by atoms with Crippen LogP contribution in [0.3, 0.4) is 0 Å². The number of hydrogen-bond acceptors (Lipinski definition) is 5. The van der Waals surface area contributed by atoms with E-state index in [1.807, 2.05) is 24.3 Å². The number of aliphatic carboxylic acids is 1. The van der Waals surface area contributed by atoms with Crippen LogP contribution in [-0.4, -0.2) is 66.0 Å². The molecule has 144 valence electrons. The fraction of sp³-hybridized carbons (Fsp3) is 0.333. The number of benzene rings is 2. The van der Waals surface area contributed by atoms with Crippen molar-refractivity contribution >= 4 is 45.3 Å². The Bertz CT molecular complexity index is 992. The van der Waals surface area contributed by atoms with E-state index in [0.29, 0.717) is 0 Å². The molecule has 0 radical (unpaired) electrons. The SMILES string of the molecule is CN(CC(=O)O)C(=O)[C@@H]1C[C@@H](S)CN1S(=O)(=O)c1ccc2ccccc2c1. The van der Waals surface area contributed by atoms with Gasteiger partial charge in [-0.1, -0.05) is 30.3 Å². The molecule has 0 saturated carbocycles. The molecule has 1 aliphatic rings. The van der Waals surface area contributed by atoms with E-state index in [4.69, 9.17) is 5.11 Å². The van der Waals surface area contributed by atoms with Crippen molar-refractivity contribution < 1.29 is 23.1 Å². The fourth-order valence-electron chi connectivity index (χ4n) is 3.27. The molecule has 27 heavy (non-hydrogen) atoms. The molecule has 1 heterocycles. The monoisotopic (exact) mass is 408 g/mol. The first-order valence-electron chi connectivity index (χ1n) is 8.35. The Labute approximate surface area is 163 Å². The normalized spacial score (nSPS) is 20.7. The maximum atomic E-state index is 13.2. The zero-order chi connectivity index (χ0) is 19.8. The number of fused-ring (bicyclic) bond motifs is 1. The molecule has 0 bridgehead atoms. The minimum absolute atomic E-state index is 0.0928. The Hall–Kier alpha value is -2.10. The molecule has 9 heteroatoms. The summed E-state index contributed by atoms with van der Waals surface area (Å²) >= 11 is 4.35. The number of hydrogen-bond donors (Lipinski definition) is 2. The molecule has 1 amide bonds. The number of nitrogens with zero attached hydrogens (tertiary/aromatic N) is 2. The van der Waals surface area contributed by atoms with Crippen molar-refractivity contribution in [2.75, 3.05) is 20.1 Å². The lowest BCUT2D eigenvalue weighted by atomic mass is 10.1. The van der Waals surface area contributed by atoms with Gasteiger partial charge in [0.2, 0.25) is 15.9 Å². The van der Waals surface area contributed by atoms with Crippen molar-refractivity contribution in [2.24, 2.45) is 0 Å². The summed E-state index contributed by atoms with van der Waals surface area (Å²) in [6.45, 7) is -0.397. The molecule has 0 unspecified atom stereocenters. The van der Waals surface area contributed by atoms with E-state index in [1.54, 1.807) is 12.1 Å². The van der Waals surface area contributed by atoms with E-state index in [9.17, 15) is 18.0 Å². The van der Waals surface area contributed by atoms with Crippen LogP contribution >= 0.6 is 12.6 Å². The van der Waals surface area contributed by atoms with Crippen LogP contribution in [0, 0.1) is 0 Å². The van der Waals surface area contributed by atoms with E-state index in [0.717, 1.165) is 20.0 Å². The van der Waals surface area contributed by atoms with Crippen LogP contribution in [0.4, 0.5) is 0 Å². The second-order valence-electron chi connectivity index (χ2n) is 6.58. The smallest absolute Gasteiger partial charge is 0.323 e. The summed E-state index contributed by atoms with van der Waals surface area (Å²) in [7, 11) is -2.58. The third-order valence-electron chi connectivity index (χ3n) is 4.59. The molecule has 1 N–H and O–H groups in total. The lowest BCUT2D eigenvalue weighted by Crippen LogP contribution is -2.47. The number of carbonyl (C=O) groups excluding carboxylic acids is 1. The highest BCUT2D eigenvalue weighted by molar-refractivity contribution is 7.89. The maximum absolute atomic E-state index is 13.2. The molecule has 1 aliphatic heterocycles. The molecular weight excluding hydrogens is 388 g/mol. The van der Waals surface area contributed by atoms with Gasteiger partial charge in [0.25, 0.3) is 0 Å². The maximum Gasteiger partial charge on any atom is 0.323 e. The second-order valence-corrected chi connectivity index (χ2v) is 9.20. The van der Waals surface area contributed by atoms with Crippen LogP contribution in [0.5, 0.6) is 0 Å². The van der Waals surface area contributed by atoms with Gasteiger partial charge in [0, 0.05) is 18.8 Å². The highest BCUT2D eigenvalue weighted by Crippen LogP contribution is 2.31. The standard InChI is InChI=1S/C18H20N2O5S2/c1-19(11-17(21)22)18(23)16-9-14(26)10-20(16)27(24,25)15-7-6-12-4-2-3-5-13(12)8-15/h2-8,14,16,26H,9-11H2,1H3,(H,21,22)/t14-,16+/m1/s1. The van der Waals surface area contributed by atoms with E-state index in [1.165, 1.54) is 13.1 Å². The average Bonchev–Trinajstić information content (AvgIpc) is 3.02. The minimum atomic E-state index is -3.93. The highest BCUT2D eigenvalue weighted by atomic mass is 32.2. The van der Waals surface area contributed by atoms with Gasteiger partial charge in [-0.2, -0.15) is 16.9 Å². The predicted molar refractivity (Wildman–Crippen MR) is 104 cm³/mol. The Morgan fingerprint density at radius 1 is 1.22 bits per heavy atom. The largest absolute Gasteiger partial charge is 0.480 e. The molecule has 0 spiro atoms. The van der Waals surface area contributed by atoms with Gasteiger partial charge in [0.1, 0.15) is 12.6 Å². The van der Waals surface area contributed by atoms with E-state index in [2.05, 4.69) is 12.6 Å². The summed E-state index contributed by atoms with van der Waals surface area (Å²) in [5, 5.41) is 10.3. The zero-order valence-electron chi connectivity index (χ0n) is 14.6. The van der Waals surface area contributed by atoms with Gasteiger partial charge < -0.3 is 10.0 Å². The number of carbonyl (C=O) groups is 2. The predicted octanol–water partition coefficient (Wildman–Crippen LogP) is 1.44. The number of likely N-dealkylation sites (N-methyl/N-ethyl adjacent to an activating group) is 1. The van der Waals surface area contributed by atoms with Crippen molar-refractivity contribution in [3.8, 4) is 0 Å². The Morgan fingerprint density at radius 2 is 1.89 bits per heavy atom. The van der Waals surface area contributed by atoms with Crippen LogP contribution in [0.1, 0.15) is 6.42 Å². The van der Waals surface area contributed by atoms with Crippen molar-refractivity contribution in [2.45, 2.75) is 22.6 Å². The lowest BCUT2D eigenvalue weighted by Gasteiger charge is -2.26. The lowest BCUT2D eigenvalue weighted by molar-refractivity contribution is -0.144. The molecule has 2 aromatic rings. The van der Waals surface area contributed by atoms with Crippen LogP contribution in [0.25, 0.3) is 10.8 Å². The summed E-state index contributed by atoms with van der Waals surface area (Å²) in [6, 6.07) is 11.3. The van der Waals surface area contributed by atoms with E-state index >= 15 is 0 Å². The van der Waals surface area contributed by atoms with Gasteiger partial charge >= 0.3 is 5.97 Å². The van der Waals surface area contributed by atoms with Crippen molar-refractivity contribution in [1.82, 2.24) is 9.21 Å². The summed E-state index contributed by atoms with van der Waals surface area (Å²) in [5.41, 5.74) is 0. The number of carboxylic acids is 1. The number of sulfonamides is 1. The van der Waals surface area contributed by atoms with Gasteiger partial charge in [0.05, 0.1) is 4.90 Å². The molecule has 0 aromatic heterocycles. The molecule has 0 aliphatic carbocycles. The molecular formula is C18H20N2O5S2. The number of amides is 1. The molecule has 1 fully saturated rings. The Morgan fingerprint density at radius 3 is 2.56 bits per heavy atom. The fourth-order valence-corrected chi connectivity index (χ4v) is 5.43. The van der Waals surface area contributed by atoms with Crippen LogP contribution in [0.2, 0.25) is 0 Å². The Balaban J connectivity index is 1.95. The van der Waals surface area contributed by atoms with Gasteiger partial charge in [-0.05, 0) is 29.3 Å². The van der Waals surface area contributed by atoms with Crippen LogP contribution < -0.4 is 0 Å². The van der Waals surface area contributed by atoms with E-state index in [-0.39, 0.29) is 23.1 Å². The first-order chi connectivity index (χ1) is 12.7. The molecule has 7 nitrogen and oxygen atoms in total. The van der Waals surface area contributed by atoms with Gasteiger partial charge in [-0.3, -0.25) is 9.59 Å².